The first kappa shape index (κ1) is 8.48. The van der Waals surface area contributed by atoms with E-state index in [0.29, 0.717) is 12.0 Å². The molecule has 0 spiro atoms. The van der Waals surface area contributed by atoms with Crippen LogP contribution in [0.2, 0.25) is 0 Å². The van der Waals surface area contributed by atoms with Gasteiger partial charge in [-0.2, -0.15) is 5.10 Å². The van der Waals surface area contributed by atoms with E-state index in [1.54, 1.807) is 0 Å². The van der Waals surface area contributed by atoms with Crippen molar-refractivity contribution in [2.75, 3.05) is 0 Å². The van der Waals surface area contributed by atoms with Crippen molar-refractivity contribution in [1.82, 2.24) is 9.78 Å². The molecule has 2 rings (SSSR count). The molecule has 0 unspecified atom stereocenters. The smallest absolute Gasteiger partial charge is 0.153 e. The minimum atomic E-state index is 0.339. The van der Waals surface area contributed by atoms with Crippen LogP contribution < -0.4 is 0 Å². The molecule has 1 saturated carbocycles. The van der Waals surface area contributed by atoms with Crippen molar-refractivity contribution < 1.29 is 4.79 Å². The quantitative estimate of drug-likeness (QED) is 0.665. The maximum atomic E-state index is 10.7. The second-order valence-electron chi connectivity index (χ2n) is 3.94. The number of aldehydes is 1. The average Bonchev–Trinajstić information content (AvgIpc) is 2.84. The zero-order chi connectivity index (χ0) is 9.42. The van der Waals surface area contributed by atoms with Gasteiger partial charge in [0.25, 0.3) is 0 Å². The summed E-state index contributed by atoms with van der Waals surface area (Å²) in [6, 6.07) is 0.339. The standard InChI is InChI=1S/C10H14N2O/c1-7(2)12-5-9(6-13)10(11-12)8-3-4-8/h5-8H,3-4H2,1-2H3. The van der Waals surface area contributed by atoms with Crippen molar-refractivity contribution in [2.24, 2.45) is 0 Å². The molecule has 1 aliphatic carbocycles. The average molecular weight is 178 g/mol. The van der Waals surface area contributed by atoms with Crippen LogP contribution >= 0.6 is 0 Å². The predicted octanol–water partition coefficient (Wildman–Crippen LogP) is 2.15. The molecule has 0 aromatic carbocycles. The summed E-state index contributed by atoms with van der Waals surface area (Å²) in [6.45, 7) is 4.14. The van der Waals surface area contributed by atoms with Crippen molar-refractivity contribution in [3.63, 3.8) is 0 Å². The summed E-state index contributed by atoms with van der Waals surface area (Å²) in [5.41, 5.74) is 1.78. The van der Waals surface area contributed by atoms with Gasteiger partial charge in [0.2, 0.25) is 0 Å². The van der Waals surface area contributed by atoms with Crippen molar-refractivity contribution >= 4 is 6.29 Å². The van der Waals surface area contributed by atoms with E-state index >= 15 is 0 Å². The summed E-state index contributed by atoms with van der Waals surface area (Å²) < 4.78 is 1.87. The number of hydrogen-bond acceptors (Lipinski definition) is 2. The van der Waals surface area contributed by atoms with Crippen LogP contribution in [0.4, 0.5) is 0 Å². The molecule has 0 atom stereocenters. The molecule has 0 aliphatic heterocycles. The van der Waals surface area contributed by atoms with Gasteiger partial charge in [-0.15, -0.1) is 0 Å². The van der Waals surface area contributed by atoms with Crippen LogP contribution in [0.25, 0.3) is 0 Å². The zero-order valence-electron chi connectivity index (χ0n) is 8.03. The normalized spacial score (nSPS) is 16.5. The van der Waals surface area contributed by atoms with Crippen molar-refractivity contribution in [2.45, 2.75) is 38.6 Å². The maximum absolute atomic E-state index is 10.7. The lowest BCUT2D eigenvalue weighted by molar-refractivity contribution is 0.112. The fourth-order valence-electron chi connectivity index (χ4n) is 1.45. The van der Waals surface area contributed by atoms with Crippen molar-refractivity contribution in [3.05, 3.63) is 17.5 Å². The summed E-state index contributed by atoms with van der Waals surface area (Å²) in [5, 5.41) is 4.43. The summed E-state index contributed by atoms with van der Waals surface area (Å²) in [4.78, 5) is 10.7. The first-order valence-corrected chi connectivity index (χ1v) is 4.76. The number of nitrogens with zero attached hydrogens (tertiary/aromatic N) is 2. The van der Waals surface area contributed by atoms with Crippen LogP contribution in [0.3, 0.4) is 0 Å². The third kappa shape index (κ3) is 1.50. The first-order valence-electron chi connectivity index (χ1n) is 4.76. The topological polar surface area (TPSA) is 34.9 Å². The summed E-state index contributed by atoms with van der Waals surface area (Å²) in [6.07, 6.45) is 5.15. The molecule has 0 N–H and O–H groups in total. The predicted molar refractivity (Wildman–Crippen MR) is 50.0 cm³/mol. The van der Waals surface area contributed by atoms with E-state index < -0.39 is 0 Å². The van der Waals surface area contributed by atoms with Crippen LogP contribution in [0.1, 0.15) is 54.7 Å². The van der Waals surface area contributed by atoms with Gasteiger partial charge in [-0.05, 0) is 26.7 Å². The van der Waals surface area contributed by atoms with Gasteiger partial charge < -0.3 is 0 Å². The molecule has 1 aromatic heterocycles. The Labute approximate surface area is 77.7 Å². The summed E-state index contributed by atoms with van der Waals surface area (Å²) in [5.74, 6) is 0.556. The molecule has 1 aliphatic rings. The Morgan fingerprint density at radius 1 is 1.62 bits per heavy atom. The molecular formula is C10H14N2O. The monoisotopic (exact) mass is 178 g/mol. The molecule has 0 bridgehead atoms. The third-order valence-electron chi connectivity index (χ3n) is 2.41. The van der Waals surface area contributed by atoms with Crippen molar-refractivity contribution in [3.8, 4) is 0 Å². The second kappa shape index (κ2) is 2.98. The second-order valence-corrected chi connectivity index (χ2v) is 3.94. The van der Waals surface area contributed by atoms with E-state index in [9.17, 15) is 4.79 Å². The molecular weight excluding hydrogens is 164 g/mol. The van der Waals surface area contributed by atoms with E-state index in [-0.39, 0.29) is 0 Å². The Bertz CT molecular complexity index is 324. The SMILES string of the molecule is CC(C)n1cc(C=O)c(C2CC2)n1. The molecule has 0 saturated heterocycles. The lowest BCUT2D eigenvalue weighted by Crippen LogP contribution is -2.01. The van der Waals surface area contributed by atoms with Crippen molar-refractivity contribution in [1.29, 1.82) is 0 Å². The molecule has 1 heterocycles. The van der Waals surface area contributed by atoms with E-state index in [1.165, 1.54) is 12.8 Å². The lowest BCUT2D eigenvalue weighted by Gasteiger charge is -2.02. The van der Waals surface area contributed by atoms with Gasteiger partial charge in [0.1, 0.15) is 0 Å². The van der Waals surface area contributed by atoms with E-state index in [2.05, 4.69) is 18.9 Å². The number of hydrogen-bond donors (Lipinski definition) is 0. The maximum Gasteiger partial charge on any atom is 0.153 e. The molecule has 0 radical (unpaired) electrons. The van der Waals surface area contributed by atoms with Gasteiger partial charge in [-0.25, -0.2) is 0 Å². The van der Waals surface area contributed by atoms with Gasteiger partial charge >= 0.3 is 0 Å². The first-order chi connectivity index (χ1) is 6.22. The highest BCUT2D eigenvalue weighted by Crippen LogP contribution is 2.40. The molecule has 70 valence electrons. The Balaban J connectivity index is 2.36. The number of carbonyl (C=O) groups is 1. The van der Waals surface area contributed by atoms with Gasteiger partial charge in [0.15, 0.2) is 6.29 Å². The Morgan fingerprint density at radius 3 is 2.77 bits per heavy atom. The minimum absolute atomic E-state index is 0.339. The Kier molecular flexibility index (Phi) is 1.94. The highest BCUT2D eigenvalue weighted by molar-refractivity contribution is 5.76. The molecule has 3 heteroatoms. The van der Waals surface area contributed by atoms with Crippen LogP contribution in [-0.2, 0) is 0 Å². The summed E-state index contributed by atoms with van der Waals surface area (Å²) in [7, 11) is 0. The molecule has 1 aromatic rings. The van der Waals surface area contributed by atoms with E-state index in [4.69, 9.17) is 0 Å². The fourth-order valence-corrected chi connectivity index (χ4v) is 1.45. The van der Waals surface area contributed by atoms with Gasteiger partial charge in [0, 0.05) is 18.2 Å². The Morgan fingerprint density at radius 2 is 2.31 bits per heavy atom. The van der Waals surface area contributed by atoms with Gasteiger partial charge in [-0.3, -0.25) is 9.48 Å². The largest absolute Gasteiger partial charge is 0.298 e. The Hall–Kier alpha value is -1.12. The van der Waals surface area contributed by atoms with Gasteiger partial charge in [-0.1, -0.05) is 0 Å². The van der Waals surface area contributed by atoms with E-state index in [1.807, 2.05) is 10.9 Å². The van der Waals surface area contributed by atoms with Crippen LogP contribution in [-0.4, -0.2) is 16.1 Å². The third-order valence-corrected chi connectivity index (χ3v) is 2.41. The fraction of sp³-hybridized carbons (Fsp3) is 0.600. The zero-order valence-corrected chi connectivity index (χ0v) is 8.03. The van der Waals surface area contributed by atoms with Gasteiger partial charge in [0.05, 0.1) is 11.3 Å². The molecule has 1 fully saturated rings. The highest BCUT2D eigenvalue weighted by Gasteiger charge is 2.29. The molecule has 13 heavy (non-hydrogen) atoms. The van der Waals surface area contributed by atoms with Crippen LogP contribution in [0.5, 0.6) is 0 Å². The summed E-state index contributed by atoms with van der Waals surface area (Å²) >= 11 is 0. The number of carbonyl (C=O) groups excluding carboxylic acids is 1. The molecule has 3 nitrogen and oxygen atoms in total. The molecule has 0 amide bonds. The highest BCUT2D eigenvalue weighted by atomic mass is 16.1. The number of rotatable bonds is 3. The van der Waals surface area contributed by atoms with Crippen LogP contribution in [0.15, 0.2) is 6.20 Å². The minimum Gasteiger partial charge on any atom is -0.298 e. The lowest BCUT2D eigenvalue weighted by atomic mass is 10.2. The van der Waals surface area contributed by atoms with E-state index in [0.717, 1.165) is 17.5 Å². The number of aromatic nitrogens is 2. The van der Waals surface area contributed by atoms with Crippen LogP contribution in [0, 0.1) is 0 Å².